The van der Waals surface area contributed by atoms with E-state index in [-0.39, 0.29) is 5.78 Å². The molecule has 0 aliphatic rings. The van der Waals surface area contributed by atoms with Gasteiger partial charge in [-0.1, -0.05) is 54.1 Å². The van der Waals surface area contributed by atoms with Crippen LogP contribution in [-0.2, 0) is 16.6 Å². The van der Waals surface area contributed by atoms with E-state index in [1.54, 1.807) is 12.1 Å². The Labute approximate surface area is 123 Å². The molecule has 0 bridgehead atoms. The number of nitriles is 1. The lowest BCUT2D eigenvalue weighted by Crippen LogP contribution is -2.35. The molecule has 0 spiro atoms. The molecule has 3 heteroatoms. The van der Waals surface area contributed by atoms with Gasteiger partial charge in [0.15, 0.2) is 5.78 Å². The van der Waals surface area contributed by atoms with Crippen molar-refractivity contribution in [2.75, 3.05) is 0 Å². The molecule has 100 valence electrons. The van der Waals surface area contributed by atoms with Gasteiger partial charge in [0.25, 0.3) is 0 Å². The molecule has 0 amide bonds. The standard InChI is InChI=1S/C17H14ClNO/c1-13(20)17(12-19,15-5-3-2-4-6-15)11-14-7-9-16(18)10-8-14/h2-10H,11H2,1H3. The summed E-state index contributed by atoms with van der Waals surface area (Å²) in [5.41, 5.74) is 0.495. The lowest BCUT2D eigenvalue weighted by atomic mass is 9.74. The number of benzene rings is 2. The number of carbonyl (C=O) groups is 1. The Kier molecular flexibility index (Phi) is 4.22. The van der Waals surface area contributed by atoms with E-state index in [4.69, 9.17) is 11.6 Å². The summed E-state index contributed by atoms with van der Waals surface area (Å²) >= 11 is 5.86. The van der Waals surface area contributed by atoms with Crippen LogP contribution in [0.5, 0.6) is 0 Å². The topological polar surface area (TPSA) is 40.9 Å². The molecule has 0 fully saturated rings. The lowest BCUT2D eigenvalue weighted by Gasteiger charge is -2.24. The Morgan fingerprint density at radius 1 is 1.15 bits per heavy atom. The van der Waals surface area contributed by atoms with Crippen LogP contribution in [0.3, 0.4) is 0 Å². The Hall–Kier alpha value is -2.11. The van der Waals surface area contributed by atoms with Crippen LogP contribution in [0.4, 0.5) is 0 Å². The number of nitrogens with zero attached hydrogens (tertiary/aromatic N) is 1. The van der Waals surface area contributed by atoms with Gasteiger partial charge < -0.3 is 0 Å². The van der Waals surface area contributed by atoms with Gasteiger partial charge in [0, 0.05) is 11.4 Å². The molecule has 20 heavy (non-hydrogen) atoms. The molecule has 0 radical (unpaired) electrons. The fourth-order valence-corrected chi connectivity index (χ4v) is 2.37. The lowest BCUT2D eigenvalue weighted by molar-refractivity contribution is -0.120. The summed E-state index contributed by atoms with van der Waals surface area (Å²) in [4.78, 5) is 12.1. The van der Waals surface area contributed by atoms with Crippen LogP contribution in [0, 0.1) is 11.3 Å². The van der Waals surface area contributed by atoms with Crippen LogP contribution in [0.25, 0.3) is 0 Å². The Bertz CT molecular complexity index is 643. The summed E-state index contributed by atoms with van der Waals surface area (Å²) in [6.45, 7) is 1.46. The average Bonchev–Trinajstić information content (AvgIpc) is 2.47. The summed E-state index contributed by atoms with van der Waals surface area (Å²) < 4.78 is 0. The first kappa shape index (κ1) is 14.3. The number of carbonyl (C=O) groups excluding carboxylic acids is 1. The first-order valence-corrected chi connectivity index (χ1v) is 6.68. The van der Waals surface area contributed by atoms with Gasteiger partial charge in [-0.15, -0.1) is 0 Å². The van der Waals surface area contributed by atoms with E-state index in [0.29, 0.717) is 11.4 Å². The number of hydrogen-bond donors (Lipinski definition) is 0. The zero-order chi connectivity index (χ0) is 14.6. The largest absolute Gasteiger partial charge is 0.298 e. The van der Waals surface area contributed by atoms with E-state index in [1.807, 2.05) is 42.5 Å². The molecular formula is C17H14ClNO. The van der Waals surface area contributed by atoms with E-state index in [1.165, 1.54) is 6.92 Å². The smallest absolute Gasteiger partial charge is 0.154 e. The summed E-state index contributed by atoms with van der Waals surface area (Å²) in [6, 6.07) is 18.6. The molecule has 0 heterocycles. The second-order valence-electron chi connectivity index (χ2n) is 4.74. The zero-order valence-corrected chi connectivity index (χ0v) is 11.9. The first-order chi connectivity index (χ1) is 9.58. The molecule has 0 saturated carbocycles. The van der Waals surface area contributed by atoms with Crippen molar-refractivity contribution in [1.82, 2.24) is 0 Å². The van der Waals surface area contributed by atoms with E-state index in [0.717, 1.165) is 11.1 Å². The highest BCUT2D eigenvalue weighted by Crippen LogP contribution is 2.29. The average molecular weight is 284 g/mol. The molecule has 0 aromatic heterocycles. The van der Waals surface area contributed by atoms with Crippen molar-refractivity contribution >= 4 is 17.4 Å². The highest BCUT2D eigenvalue weighted by molar-refractivity contribution is 6.30. The number of ketones is 1. The molecule has 2 rings (SSSR count). The predicted molar refractivity (Wildman–Crippen MR) is 79.6 cm³/mol. The van der Waals surface area contributed by atoms with Crippen molar-refractivity contribution in [2.24, 2.45) is 0 Å². The second-order valence-corrected chi connectivity index (χ2v) is 5.18. The van der Waals surface area contributed by atoms with Crippen LogP contribution in [-0.4, -0.2) is 5.78 Å². The van der Waals surface area contributed by atoms with Crippen LogP contribution in [0.15, 0.2) is 54.6 Å². The fraction of sp³-hybridized carbons (Fsp3) is 0.176. The van der Waals surface area contributed by atoms with E-state index in [2.05, 4.69) is 6.07 Å². The van der Waals surface area contributed by atoms with Crippen LogP contribution < -0.4 is 0 Å². The quantitative estimate of drug-likeness (QED) is 0.853. The van der Waals surface area contributed by atoms with Gasteiger partial charge in [-0.2, -0.15) is 5.26 Å². The third kappa shape index (κ3) is 2.74. The van der Waals surface area contributed by atoms with Crippen molar-refractivity contribution in [2.45, 2.75) is 18.8 Å². The minimum atomic E-state index is -1.14. The molecule has 2 nitrogen and oxygen atoms in total. The molecule has 2 aromatic rings. The molecular weight excluding hydrogens is 270 g/mol. The molecule has 2 aromatic carbocycles. The van der Waals surface area contributed by atoms with E-state index >= 15 is 0 Å². The second kappa shape index (κ2) is 5.90. The maximum Gasteiger partial charge on any atom is 0.154 e. The van der Waals surface area contributed by atoms with Gasteiger partial charge in [0.2, 0.25) is 0 Å². The monoisotopic (exact) mass is 283 g/mol. The Morgan fingerprint density at radius 3 is 2.25 bits per heavy atom. The molecule has 0 aliphatic heterocycles. The Balaban J connectivity index is 2.46. The van der Waals surface area contributed by atoms with E-state index < -0.39 is 5.41 Å². The van der Waals surface area contributed by atoms with Gasteiger partial charge in [0.05, 0.1) is 6.07 Å². The third-order valence-electron chi connectivity index (χ3n) is 3.44. The highest BCUT2D eigenvalue weighted by atomic mass is 35.5. The zero-order valence-electron chi connectivity index (χ0n) is 11.1. The molecule has 0 saturated heterocycles. The molecule has 1 atom stereocenters. The third-order valence-corrected chi connectivity index (χ3v) is 3.69. The highest BCUT2D eigenvalue weighted by Gasteiger charge is 2.37. The van der Waals surface area contributed by atoms with Crippen LogP contribution in [0.1, 0.15) is 18.1 Å². The van der Waals surface area contributed by atoms with Gasteiger partial charge in [-0.3, -0.25) is 4.79 Å². The van der Waals surface area contributed by atoms with Gasteiger partial charge in [-0.25, -0.2) is 0 Å². The Morgan fingerprint density at radius 2 is 1.75 bits per heavy atom. The summed E-state index contributed by atoms with van der Waals surface area (Å²) in [6.07, 6.45) is 0.347. The summed E-state index contributed by atoms with van der Waals surface area (Å²) in [5.74, 6) is -0.152. The molecule has 1 unspecified atom stereocenters. The number of hydrogen-bond acceptors (Lipinski definition) is 2. The van der Waals surface area contributed by atoms with Gasteiger partial charge in [0.1, 0.15) is 5.41 Å². The van der Waals surface area contributed by atoms with Crippen molar-refractivity contribution in [3.63, 3.8) is 0 Å². The summed E-state index contributed by atoms with van der Waals surface area (Å²) in [7, 11) is 0. The van der Waals surface area contributed by atoms with Crippen molar-refractivity contribution in [3.05, 3.63) is 70.7 Å². The number of Topliss-reactive ketones (excluding diaryl/α,β-unsaturated/α-hetero) is 1. The fourth-order valence-electron chi connectivity index (χ4n) is 2.24. The predicted octanol–water partition coefficient (Wildman–Crippen LogP) is 3.93. The maximum atomic E-state index is 12.1. The minimum Gasteiger partial charge on any atom is -0.298 e. The minimum absolute atomic E-state index is 0.152. The van der Waals surface area contributed by atoms with Crippen molar-refractivity contribution in [1.29, 1.82) is 5.26 Å². The normalized spacial score (nSPS) is 13.2. The van der Waals surface area contributed by atoms with Crippen molar-refractivity contribution in [3.8, 4) is 6.07 Å². The number of rotatable bonds is 4. The maximum absolute atomic E-state index is 12.1. The van der Waals surface area contributed by atoms with Gasteiger partial charge in [-0.05, 0) is 30.2 Å². The molecule has 0 N–H and O–H groups in total. The van der Waals surface area contributed by atoms with Crippen molar-refractivity contribution < 1.29 is 4.79 Å². The van der Waals surface area contributed by atoms with E-state index in [9.17, 15) is 10.1 Å². The van der Waals surface area contributed by atoms with Gasteiger partial charge >= 0.3 is 0 Å². The summed E-state index contributed by atoms with van der Waals surface area (Å²) in [5, 5.41) is 10.3. The molecule has 0 aliphatic carbocycles. The first-order valence-electron chi connectivity index (χ1n) is 6.31. The van der Waals surface area contributed by atoms with Crippen LogP contribution in [0.2, 0.25) is 5.02 Å². The van der Waals surface area contributed by atoms with Crippen LogP contribution >= 0.6 is 11.6 Å². The number of halogens is 1. The SMILES string of the molecule is CC(=O)C(C#N)(Cc1ccc(Cl)cc1)c1ccccc1.